The second kappa shape index (κ2) is 7.12. The minimum absolute atomic E-state index is 0.129. The van der Waals surface area contributed by atoms with Crippen LogP contribution in [-0.2, 0) is 0 Å². The summed E-state index contributed by atoms with van der Waals surface area (Å²) in [5.74, 6) is 0.478. The summed E-state index contributed by atoms with van der Waals surface area (Å²) in [4.78, 5) is 12.8. The van der Waals surface area contributed by atoms with Gasteiger partial charge in [-0.05, 0) is 25.3 Å². The van der Waals surface area contributed by atoms with E-state index >= 15 is 0 Å². The molecule has 1 aromatic rings. The number of benzene rings is 1. The Bertz CT molecular complexity index is 460. The maximum absolute atomic E-state index is 11.1. The lowest BCUT2D eigenvalue weighted by molar-refractivity contribution is -0.384. The first-order chi connectivity index (χ1) is 9.36. The molecule has 0 saturated heterocycles. The SMILES string of the molecule is CCCNc1cc(N(C)C(C)C(C)C)cc([N+](=O)[O-])c1. The highest BCUT2D eigenvalue weighted by molar-refractivity contribution is 5.64. The van der Waals surface area contributed by atoms with E-state index in [0.717, 1.165) is 24.3 Å². The van der Waals surface area contributed by atoms with Crippen molar-refractivity contribution < 1.29 is 4.92 Å². The Morgan fingerprint density at radius 3 is 2.45 bits per heavy atom. The zero-order valence-electron chi connectivity index (χ0n) is 13.0. The number of nitro benzene ring substituents is 1. The minimum Gasteiger partial charge on any atom is -0.385 e. The van der Waals surface area contributed by atoms with Crippen LogP contribution in [0.4, 0.5) is 17.1 Å². The van der Waals surface area contributed by atoms with Gasteiger partial charge in [0.15, 0.2) is 0 Å². The van der Waals surface area contributed by atoms with Crippen LogP contribution in [0.2, 0.25) is 0 Å². The van der Waals surface area contributed by atoms with Gasteiger partial charge in [0.05, 0.1) is 4.92 Å². The second-order valence-electron chi connectivity index (χ2n) is 5.52. The average Bonchev–Trinajstić information content (AvgIpc) is 2.42. The van der Waals surface area contributed by atoms with Gasteiger partial charge in [0, 0.05) is 43.1 Å². The molecule has 0 aromatic heterocycles. The van der Waals surface area contributed by atoms with Crippen LogP contribution in [0.1, 0.15) is 34.1 Å². The number of hydrogen-bond acceptors (Lipinski definition) is 4. The van der Waals surface area contributed by atoms with Crippen molar-refractivity contribution in [2.24, 2.45) is 5.92 Å². The van der Waals surface area contributed by atoms with Gasteiger partial charge in [-0.1, -0.05) is 20.8 Å². The van der Waals surface area contributed by atoms with Gasteiger partial charge < -0.3 is 10.2 Å². The van der Waals surface area contributed by atoms with Crippen LogP contribution in [0.15, 0.2) is 18.2 Å². The van der Waals surface area contributed by atoms with Gasteiger partial charge in [0.25, 0.3) is 5.69 Å². The quantitative estimate of drug-likeness (QED) is 0.607. The van der Waals surface area contributed by atoms with Crippen molar-refractivity contribution in [2.45, 2.75) is 40.2 Å². The Balaban J connectivity index is 3.10. The molecule has 0 aliphatic rings. The minimum atomic E-state index is -0.339. The average molecular weight is 279 g/mol. The lowest BCUT2D eigenvalue weighted by atomic mass is 10.0. The Morgan fingerprint density at radius 2 is 1.95 bits per heavy atom. The lowest BCUT2D eigenvalue weighted by Crippen LogP contribution is -2.33. The first-order valence-corrected chi connectivity index (χ1v) is 7.13. The monoisotopic (exact) mass is 279 g/mol. The molecule has 0 fully saturated rings. The molecule has 5 heteroatoms. The third kappa shape index (κ3) is 4.11. The number of hydrogen-bond donors (Lipinski definition) is 1. The molecule has 0 aliphatic carbocycles. The van der Waals surface area contributed by atoms with Crippen molar-refractivity contribution in [1.29, 1.82) is 0 Å². The highest BCUT2D eigenvalue weighted by Crippen LogP contribution is 2.28. The fourth-order valence-electron chi connectivity index (χ4n) is 1.96. The summed E-state index contributed by atoms with van der Waals surface area (Å²) < 4.78 is 0. The third-order valence-electron chi connectivity index (χ3n) is 3.68. The van der Waals surface area contributed by atoms with Gasteiger partial charge >= 0.3 is 0 Å². The second-order valence-corrected chi connectivity index (χ2v) is 5.52. The van der Waals surface area contributed by atoms with Crippen LogP contribution < -0.4 is 10.2 Å². The molecular formula is C15H25N3O2. The maximum atomic E-state index is 11.1. The van der Waals surface area contributed by atoms with E-state index in [2.05, 4.69) is 37.9 Å². The predicted octanol–water partition coefficient (Wildman–Crippen LogP) is 3.90. The van der Waals surface area contributed by atoms with E-state index in [9.17, 15) is 10.1 Å². The van der Waals surface area contributed by atoms with Crippen LogP contribution in [-0.4, -0.2) is 24.6 Å². The molecule has 0 amide bonds. The summed E-state index contributed by atoms with van der Waals surface area (Å²) in [5.41, 5.74) is 1.81. The molecule has 1 aromatic carbocycles. The fourth-order valence-corrected chi connectivity index (χ4v) is 1.96. The zero-order valence-corrected chi connectivity index (χ0v) is 13.0. The highest BCUT2D eigenvalue weighted by Gasteiger charge is 2.17. The van der Waals surface area contributed by atoms with E-state index in [0.29, 0.717) is 12.0 Å². The normalized spacial score (nSPS) is 12.3. The van der Waals surface area contributed by atoms with Gasteiger partial charge in [-0.2, -0.15) is 0 Å². The summed E-state index contributed by atoms with van der Waals surface area (Å²) >= 11 is 0. The lowest BCUT2D eigenvalue weighted by Gasteiger charge is -2.30. The Morgan fingerprint density at radius 1 is 1.30 bits per heavy atom. The smallest absolute Gasteiger partial charge is 0.273 e. The van der Waals surface area contributed by atoms with E-state index in [-0.39, 0.29) is 10.6 Å². The largest absolute Gasteiger partial charge is 0.385 e. The van der Waals surface area contributed by atoms with Crippen LogP contribution in [0, 0.1) is 16.0 Å². The van der Waals surface area contributed by atoms with Crippen molar-refractivity contribution in [1.82, 2.24) is 0 Å². The van der Waals surface area contributed by atoms with Crippen LogP contribution >= 0.6 is 0 Å². The molecule has 1 atom stereocenters. The van der Waals surface area contributed by atoms with E-state index in [1.807, 2.05) is 13.1 Å². The van der Waals surface area contributed by atoms with Crippen LogP contribution in [0.25, 0.3) is 0 Å². The molecule has 1 unspecified atom stereocenters. The van der Waals surface area contributed by atoms with Crippen LogP contribution in [0.5, 0.6) is 0 Å². The predicted molar refractivity (Wildman–Crippen MR) is 84.6 cm³/mol. The number of non-ortho nitro benzene ring substituents is 1. The van der Waals surface area contributed by atoms with Crippen molar-refractivity contribution >= 4 is 17.1 Å². The van der Waals surface area contributed by atoms with E-state index < -0.39 is 0 Å². The van der Waals surface area contributed by atoms with Crippen LogP contribution in [0.3, 0.4) is 0 Å². The standard InChI is InChI=1S/C15H25N3O2/c1-6-7-16-13-8-14(10-15(9-13)18(19)20)17(5)12(4)11(2)3/h8-12,16H,6-7H2,1-5H3. The molecule has 0 saturated carbocycles. The van der Waals surface area contributed by atoms with Gasteiger partial charge in [-0.3, -0.25) is 10.1 Å². The van der Waals surface area contributed by atoms with Gasteiger partial charge in [0.1, 0.15) is 0 Å². The summed E-state index contributed by atoms with van der Waals surface area (Å²) in [6.07, 6.45) is 0.982. The first kappa shape index (κ1) is 16.3. The Kier molecular flexibility index (Phi) is 5.80. The molecular weight excluding hydrogens is 254 g/mol. The summed E-state index contributed by atoms with van der Waals surface area (Å²) in [6, 6.07) is 5.51. The first-order valence-electron chi connectivity index (χ1n) is 7.13. The molecule has 1 N–H and O–H groups in total. The van der Waals surface area contributed by atoms with E-state index in [1.54, 1.807) is 12.1 Å². The number of anilines is 2. The van der Waals surface area contributed by atoms with E-state index in [1.165, 1.54) is 0 Å². The topological polar surface area (TPSA) is 58.4 Å². The van der Waals surface area contributed by atoms with Crippen molar-refractivity contribution in [2.75, 3.05) is 23.8 Å². The van der Waals surface area contributed by atoms with E-state index in [4.69, 9.17) is 0 Å². The summed E-state index contributed by atoms with van der Waals surface area (Å²) in [6.45, 7) is 9.30. The van der Waals surface area contributed by atoms with Crippen molar-refractivity contribution in [3.8, 4) is 0 Å². The number of nitrogens with zero attached hydrogens (tertiary/aromatic N) is 2. The van der Waals surface area contributed by atoms with Gasteiger partial charge in [-0.25, -0.2) is 0 Å². The molecule has 1 rings (SSSR count). The molecule has 0 radical (unpaired) electrons. The van der Waals surface area contributed by atoms with Gasteiger partial charge in [0.2, 0.25) is 0 Å². The van der Waals surface area contributed by atoms with Crippen molar-refractivity contribution in [3.63, 3.8) is 0 Å². The number of rotatable bonds is 7. The molecule has 0 bridgehead atoms. The Hall–Kier alpha value is -1.78. The number of nitrogens with one attached hydrogen (secondary N) is 1. The zero-order chi connectivity index (χ0) is 15.3. The molecule has 0 heterocycles. The Labute approximate surface area is 121 Å². The van der Waals surface area contributed by atoms with Crippen molar-refractivity contribution in [3.05, 3.63) is 28.3 Å². The summed E-state index contributed by atoms with van der Waals surface area (Å²) in [5, 5.41) is 14.3. The fraction of sp³-hybridized carbons (Fsp3) is 0.600. The maximum Gasteiger partial charge on any atom is 0.273 e. The van der Waals surface area contributed by atoms with Gasteiger partial charge in [-0.15, -0.1) is 0 Å². The molecule has 5 nitrogen and oxygen atoms in total. The number of nitro groups is 1. The highest BCUT2D eigenvalue weighted by atomic mass is 16.6. The molecule has 0 aliphatic heterocycles. The summed E-state index contributed by atoms with van der Waals surface area (Å²) in [7, 11) is 1.98. The molecule has 20 heavy (non-hydrogen) atoms. The molecule has 112 valence electrons. The molecule has 0 spiro atoms. The third-order valence-corrected chi connectivity index (χ3v) is 3.68.